The Morgan fingerprint density at radius 1 is 1.23 bits per heavy atom. The lowest BCUT2D eigenvalue weighted by Gasteiger charge is -2.28. The van der Waals surface area contributed by atoms with Gasteiger partial charge in [0.25, 0.3) is 0 Å². The summed E-state index contributed by atoms with van der Waals surface area (Å²) in [6.07, 6.45) is 5.37. The molecule has 1 aliphatic rings. The van der Waals surface area contributed by atoms with E-state index in [-0.39, 0.29) is 0 Å². The minimum Gasteiger partial charge on any atom is -0.494 e. The molecule has 0 bridgehead atoms. The molecule has 0 aromatic carbocycles. The van der Waals surface area contributed by atoms with Crippen LogP contribution in [-0.2, 0) is 0 Å². The van der Waals surface area contributed by atoms with Crippen LogP contribution in [0.4, 0.5) is 5.82 Å². The molecule has 7 nitrogen and oxygen atoms in total. The molecule has 3 aromatic rings. The predicted octanol–water partition coefficient (Wildman–Crippen LogP) is 1.99. The molecule has 0 radical (unpaired) electrons. The fourth-order valence-electron chi connectivity index (χ4n) is 3.38. The Kier molecular flexibility index (Phi) is 4.19. The first-order valence-corrected chi connectivity index (χ1v) is 8.59. The van der Waals surface area contributed by atoms with Crippen LogP contribution in [-0.4, -0.2) is 47.9 Å². The van der Waals surface area contributed by atoms with Crippen molar-refractivity contribution < 1.29 is 4.74 Å². The minimum absolute atomic E-state index is 0.498. The molecule has 1 fully saturated rings. The second-order valence-electron chi connectivity index (χ2n) is 6.35. The van der Waals surface area contributed by atoms with Crippen LogP contribution in [0.15, 0.2) is 30.7 Å². The van der Waals surface area contributed by atoms with Crippen LogP contribution in [0, 0.1) is 18.3 Å². The Labute approximate surface area is 151 Å². The van der Waals surface area contributed by atoms with Crippen LogP contribution in [0.1, 0.15) is 11.1 Å². The van der Waals surface area contributed by atoms with E-state index in [9.17, 15) is 5.26 Å². The van der Waals surface area contributed by atoms with E-state index in [1.165, 1.54) is 0 Å². The summed E-state index contributed by atoms with van der Waals surface area (Å²) >= 11 is 0. The number of nitriles is 1. The van der Waals surface area contributed by atoms with E-state index >= 15 is 0 Å². The Balaban J connectivity index is 1.76. The number of pyridine rings is 2. The summed E-state index contributed by atoms with van der Waals surface area (Å²) in [4.78, 5) is 6.97. The van der Waals surface area contributed by atoms with Crippen LogP contribution >= 0.6 is 0 Å². The van der Waals surface area contributed by atoms with Crippen LogP contribution in [0.25, 0.3) is 16.6 Å². The number of anilines is 1. The maximum absolute atomic E-state index is 9.25. The number of ether oxygens (including phenoxy) is 1. The lowest BCUT2D eigenvalue weighted by molar-refractivity contribution is 0.417. The van der Waals surface area contributed by atoms with Gasteiger partial charge >= 0.3 is 0 Å². The summed E-state index contributed by atoms with van der Waals surface area (Å²) in [6.45, 7) is 5.99. The highest BCUT2D eigenvalue weighted by Crippen LogP contribution is 2.32. The largest absolute Gasteiger partial charge is 0.494 e. The molecule has 1 saturated heterocycles. The monoisotopic (exact) mass is 348 g/mol. The third-order valence-electron chi connectivity index (χ3n) is 4.77. The number of aromatic nitrogens is 3. The zero-order valence-electron chi connectivity index (χ0n) is 14.9. The third-order valence-corrected chi connectivity index (χ3v) is 4.77. The second-order valence-corrected chi connectivity index (χ2v) is 6.35. The van der Waals surface area contributed by atoms with Crippen molar-refractivity contribution in [3.63, 3.8) is 0 Å². The van der Waals surface area contributed by atoms with Gasteiger partial charge in [-0.3, -0.25) is 0 Å². The molecule has 0 spiro atoms. The van der Waals surface area contributed by atoms with E-state index in [1.807, 2.05) is 18.5 Å². The van der Waals surface area contributed by atoms with E-state index in [2.05, 4.69) is 39.4 Å². The van der Waals surface area contributed by atoms with Crippen molar-refractivity contribution in [2.45, 2.75) is 6.92 Å². The summed E-state index contributed by atoms with van der Waals surface area (Å²) in [6, 6.07) is 6.22. The summed E-state index contributed by atoms with van der Waals surface area (Å²) in [5.74, 6) is 1.63. The van der Waals surface area contributed by atoms with Crippen molar-refractivity contribution in [2.75, 3.05) is 38.2 Å². The minimum atomic E-state index is 0.498. The molecule has 7 heteroatoms. The van der Waals surface area contributed by atoms with Gasteiger partial charge in [0.15, 0.2) is 0 Å². The number of hydrogen-bond acceptors (Lipinski definition) is 6. The van der Waals surface area contributed by atoms with Gasteiger partial charge in [-0.2, -0.15) is 10.4 Å². The smallest absolute Gasteiger partial charge is 0.146 e. The molecule has 0 amide bonds. The average molecular weight is 348 g/mol. The molecule has 3 aromatic heterocycles. The van der Waals surface area contributed by atoms with Gasteiger partial charge < -0.3 is 15.0 Å². The normalized spacial score (nSPS) is 14.4. The zero-order chi connectivity index (χ0) is 18.1. The molecule has 0 saturated carbocycles. The predicted molar refractivity (Wildman–Crippen MR) is 99.5 cm³/mol. The van der Waals surface area contributed by atoms with Crippen molar-refractivity contribution in [1.82, 2.24) is 19.9 Å². The molecule has 4 heterocycles. The van der Waals surface area contributed by atoms with Crippen LogP contribution in [0.5, 0.6) is 5.75 Å². The first kappa shape index (κ1) is 16.4. The molecule has 1 N–H and O–H groups in total. The maximum atomic E-state index is 9.25. The Bertz CT molecular complexity index is 997. The number of rotatable bonds is 3. The number of nitrogens with zero attached hydrogens (tertiary/aromatic N) is 5. The van der Waals surface area contributed by atoms with E-state index in [0.29, 0.717) is 16.8 Å². The van der Waals surface area contributed by atoms with Crippen molar-refractivity contribution >= 4 is 11.3 Å². The summed E-state index contributed by atoms with van der Waals surface area (Å²) in [5.41, 5.74) is 4.30. The Morgan fingerprint density at radius 2 is 2.04 bits per heavy atom. The van der Waals surface area contributed by atoms with E-state index in [1.54, 1.807) is 17.8 Å². The fraction of sp³-hybridized carbons (Fsp3) is 0.316. The number of methoxy groups -OCH3 is 1. The number of hydrogen-bond donors (Lipinski definition) is 1. The SMILES string of the molecule is COc1cc(-c2cnc(N3CCNCC3)cc2C)cn2ncc(C#N)c12. The molecule has 1 aliphatic heterocycles. The highest BCUT2D eigenvalue weighted by Gasteiger charge is 2.16. The highest BCUT2D eigenvalue weighted by molar-refractivity contribution is 5.76. The van der Waals surface area contributed by atoms with Crippen LogP contribution in [0.2, 0.25) is 0 Å². The molecule has 0 aliphatic carbocycles. The quantitative estimate of drug-likeness (QED) is 0.780. The van der Waals surface area contributed by atoms with E-state index in [4.69, 9.17) is 4.74 Å². The van der Waals surface area contributed by atoms with Gasteiger partial charge in [-0.1, -0.05) is 0 Å². The molecular formula is C19H20N6O. The average Bonchev–Trinajstić information content (AvgIpc) is 3.11. The topological polar surface area (TPSA) is 78.5 Å². The lowest BCUT2D eigenvalue weighted by atomic mass is 10.0. The van der Waals surface area contributed by atoms with Crippen molar-refractivity contribution in [2.24, 2.45) is 0 Å². The number of nitrogens with one attached hydrogen (secondary N) is 1. The van der Waals surface area contributed by atoms with Gasteiger partial charge in [0.2, 0.25) is 0 Å². The summed E-state index contributed by atoms with van der Waals surface area (Å²) in [7, 11) is 1.60. The van der Waals surface area contributed by atoms with E-state index < -0.39 is 0 Å². The lowest BCUT2D eigenvalue weighted by Crippen LogP contribution is -2.43. The standard InChI is InChI=1S/C19H20N6O/c1-13-7-18(24-5-3-21-4-6-24)22-11-16(13)14-8-17(26-2)19-15(9-20)10-23-25(19)12-14/h7-8,10-12,21H,3-6H2,1-2H3. The zero-order valence-corrected chi connectivity index (χ0v) is 14.9. The van der Waals surface area contributed by atoms with Gasteiger partial charge in [-0.25, -0.2) is 9.50 Å². The first-order chi connectivity index (χ1) is 12.7. The molecule has 4 rings (SSSR count). The maximum Gasteiger partial charge on any atom is 0.146 e. The van der Waals surface area contributed by atoms with Crippen molar-refractivity contribution in [3.05, 3.63) is 41.9 Å². The van der Waals surface area contributed by atoms with E-state index in [0.717, 1.165) is 48.7 Å². The summed E-state index contributed by atoms with van der Waals surface area (Å²) in [5, 5.41) is 16.9. The third kappa shape index (κ3) is 2.74. The van der Waals surface area contributed by atoms with Crippen molar-refractivity contribution in [1.29, 1.82) is 5.26 Å². The van der Waals surface area contributed by atoms with Gasteiger partial charge in [0.1, 0.15) is 28.7 Å². The first-order valence-electron chi connectivity index (χ1n) is 8.59. The second kappa shape index (κ2) is 6.65. The van der Waals surface area contributed by atoms with Crippen molar-refractivity contribution in [3.8, 4) is 22.9 Å². The van der Waals surface area contributed by atoms with Gasteiger partial charge in [-0.05, 0) is 24.6 Å². The molecule has 0 atom stereocenters. The highest BCUT2D eigenvalue weighted by atomic mass is 16.5. The van der Waals surface area contributed by atoms with Gasteiger partial charge in [0.05, 0.1) is 13.3 Å². The number of piperazine rings is 1. The molecule has 132 valence electrons. The molecular weight excluding hydrogens is 328 g/mol. The number of aryl methyl sites for hydroxylation is 1. The Hall–Kier alpha value is -3.11. The Morgan fingerprint density at radius 3 is 2.73 bits per heavy atom. The van der Waals surface area contributed by atoms with Gasteiger partial charge in [0, 0.05) is 49.7 Å². The van der Waals surface area contributed by atoms with Crippen LogP contribution < -0.4 is 15.0 Å². The molecule has 26 heavy (non-hydrogen) atoms. The van der Waals surface area contributed by atoms with Gasteiger partial charge in [-0.15, -0.1) is 0 Å². The number of fused-ring (bicyclic) bond motifs is 1. The molecule has 0 unspecified atom stereocenters. The van der Waals surface area contributed by atoms with Crippen LogP contribution in [0.3, 0.4) is 0 Å². The fourth-order valence-corrected chi connectivity index (χ4v) is 3.38. The summed E-state index contributed by atoms with van der Waals surface area (Å²) < 4.78 is 7.19.